The highest BCUT2D eigenvalue weighted by Crippen LogP contribution is 2.18. The average Bonchev–Trinajstić information content (AvgIpc) is 2.60. The summed E-state index contributed by atoms with van der Waals surface area (Å²) in [4.78, 5) is 12.3. The maximum Gasteiger partial charge on any atom is 0.387 e. The van der Waals surface area contributed by atoms with E-state index in [1.54, 1.807) is 24.3 Å². The average molecular weight is 324 g/mol. The fourth-order valence-corrected chi connectivity index (χ4v) is 2.37. The summed E-state index contributed by atoms with van der Waals surface area (Å²) < 4.78 is 28.5. The molecule has 0 amide bonds. The molecule has 3 aromatic carbocycles. The third-order valence-corrected chi connectivity index (χ3v) is 3.57. The lowest BCUT2D eigenvalue weighted by atomic mass is 10.0. The van der Waals surface area contributed by atoms with Crippen molar-refractivity contribution in [1.82, 2.24) is 0 Å². The molecule has 0 radical (unpaired) electrons. The van der Waals surface area contributed by atoms with Crippen molar-refractivity contribution in [2.24, 2.45) is 0 Å². The van der Waals surface area contributed by atoms with E-state index < -0.39 is 6.61 Å². The first kappa shape index (κ1) is 15.9. The van der Waals surface area contributed by atoms with Gasteiger partial charge in [0, 0.05) is 5.56 Å². The van der Waals surface area contributed by atoms with Crippen LogP contribution in [-0.4, -0.2) is 12.4 Å². The van der Waals surface area contributed by atoms with Crippen LogP contribution >= 0.6 is 0 Å². The Hall–Kier alpha value is -3.01. The number of alkyl halides is 2. The van der Waals surface area contributed by atoms with Crippen molar-refractivity contribution in [3.8, 4) is 5.75 Å². The zero-order valence-electron chi connectivity index (χ0n) is 12.7. The SMILES string of the molecule is O=C(C=Cc1ccc(OC(F)F)cc1)c1ccc2ccccc2c1. The molecule has 0 fully saturated rings. The number of benzene rings is 3. The Morgan fingerprint density at radius 3 is 2.33 bits per heavy atom. The predicted octanol–water partition coefficient (Wildman–Crippen LogP) is 5.34. The first-order valence-electron chi connectivity index (χ1n) is 7.38. The molecule has 0 spiro atoms. The summed E-state index contributed by atoms with van der Waals surface area (Å²) in [5.41, 5.74) is 1.33. The highest BCUT2D eigenvalue weighted by atomic mass is 19.3. The number of carbonyl (C=O) groups excluding carboxylic acids is 1. The topological polar surface area (TPSA) is 26.3 Å². The maximum absolute atomic E-state index is 12.3. The van der Waals surface area contributed by atoms with Gasteiger partial charge in [0.05, 0.1) is 0 Å². The molecule has 0 unspecified atom stereocenters. The normalized spacial score (nSPS) is 11.3. The molecule has 120 valence electrons. The van der Waals surface area contributed by atoms with Gasteiger partial charge in [-0.25, -0.2) is 0 Å². The molecular weight excluding hydrogens is 310 g/mol. The minimum absolute atomic E-state index is 0.0861. The van der Waals surface area contributed by atoms with Gasteiger partial charge < -0.3 is 4.74 Å². The molecule has 0 heterocycles. The van der Waals surface area contributed by atoms with Crippen LogP contribution in [0.2, 0.25) is 0 Å². The van der Waals surface area contributed by atoms with E-state index in [1.165, 1.54) is 18.2 Å². The van der Waals surface area contributed by atoms with E-state index in [2.05, 4.69) is 4.74 Å². The van der Waals surface area contributed by atoms with E-state index in [4.69, 9.17) is 0 Å². The summed E-state index contributed by atoms with van der Waals surface area (Å²) >= 11 is 0. The lowest BCUT2D eigenvalue weighted by Gasteiger charge is -2.03. The van der Waals surface area contributed by atoms with Crippen molar-refractivity contribution < 1.29 is 18.3 Å². The summed E-state index contributed by atoms with van der Waals surface area (Å²) in [7, 11) is 0. The zero-order valence-corrected chi connectivity index (χ0v) is 12.7. The molecule has 0 saturated heterocycles. The molecule has 0 bridgehead atoms. The second-order valence-electron chi connectivity index (χ2n) is 5.21. The van der Waals surface area contributed by atoms with Gasteiger partial charge >= 0.3 is 6.61 Å². The molecule has 4 heteroatoms. The van der Waals surface area contributed by atoms with Crippen LogP contribution in [0.5, 0.6) is 5.75 Å². The van der Waals surface area contributed by atoms with Crippen molar-refractivity contribution in [2.45, 2.75) is 6.61 Å². The number of hydrogen-bond donors (Lipinski definition) is 0. The molecule has 3 rings (SSSR count). The molecular formula is C20H14F2O2. The lowest BCUT2D eigenvalue weighted by Crippen LogP contribution is -2.01. The third-order valence-electron chi connectivity index (χ3n) is 3.57. The van der Waals surface area contributed by atoms with Crippen molar-refractivity contribution in [3.63, 3.8) is 0 Å². The van der Waals surface area contributed by atoms with Gasteiger partial charge in [0.15, 0.2) is 5.78 Å². The molecule has 24 heavy (non-hydrogen) atoms. The molecule has 0 atom stereocenters. The second kappa shape index (κ2) is 7.04. The van der Waals surface area contributed by atoms with Gasteiger partial charge in [-0.05, 0) is 40.6 Å². The quantitative estimate of drug-likeness (QED) is 0.468. The van der Waals surface area contributed by atoms with Crippen molar-refractivity contribution >= 4 is 22.6 Å². The lowest BCUT2D eigenvalue weighted by molar-refractivity contribution is -0.0498. The third kappa shape index (κ3) is 3.84. The fraction of sp³-hybridized carbons (Fsp3) is 0.0500. The zero-order chi connectivity index (χ0) is 16.9. The number of ether oxygens (including phenoxy) is 1. The van der Waals surface area contributed by atoms with Crippen LogP contribution in [0.4, 0.5) is 8.78 Å². The van der Waals surface area contributed by atoms with Crippen molar-refractivity contribution in [2.75, 3.05) is 0 Å². The highest BCUT2D eigenvalue weighted by molar-refractivity contribution is 6.08. The van der Waals surface area contributed by atoms with Crippen LogP contribution in [0.15, 0.2) is 72.8 Å². The van der Waals surface area contributed by atoms with Gasteiger partial charge in [0.25, 0.3) is 0 Å². The Balaban J connectivity index is 1.74. The van der Waals surface area contributed by atoms with Gasteiger partial charge in [-0.3, -0.25) is 4.79 Å². The molecule has 0 aromatic heterocycles. The first-order valence-corrected chi connectivity index (χ1v) is 7.38. The molecule has 0 saturated carbocycles. The molecule has 0 aliphatic heterocycles. The van der Waals surface area contributed by atoms with Gasteiger partial charge in [0.2, 0.25) is 0 Å². The van der Waals surface area contributed by atoms with E-state index in [1.807, 2.05) is 36.4 Å². The van der Waals surface area contributed by atoms with Crippen LogP contribution in [0.1, 0.15) is 15.9 Å². The van der Waals surface area contributed by atoms with Crippen LogP contribution in [0, 0.1) is 0 Å². The Morgan fingerprint density at radius 1 is 0.917 bits per heavy atom. The van der Waals surface area contributed by atoms with E-state index in [-0.39, 0.29) is 11.5 Å². The van der Waals surface area contributed by atoms with E-state index in [9.17, 15) is 13.6 Å². The van der Waals surface area contributed by atoms with E-state index >= 15 is 0 Å². The Bertz CT molecular complexity index is 884. The number of ketones is 1. The molecule has 2 nitrogen and oxygen atoms in total. The summed E-state index contributed by atoms with van der Waals surface area (Å²) in [6, 6.07) is 19.5. The monoisotopic (exact) mass is 324 g/mol. The fourth-order valence-electron chi connectivity index (χ4n) is 2.37. The largest absolute Gasteiger partial charge is 0.435 e. The number of allylic oxidation sites excluding steroid dienone is 1. The number of fused-ring (bicyclic) bond motifs is 1. The number of halogens is 2. The van der Waals surface area contributed by atoms with Gasteiger partial charge in [-0.1, -0.05) is 54.6 Å². The van der Waals surface area contributed by atoms with E-state index in [0.29, 0.717) is 5.56 Å². The minimum Gasteiger partial charge on any atom is -0.435 e. The van der Waals surface area contributed by atoms with Crippen LogP contribution < -0.4 is 4.74 Å². The first-order chi connectivity index (χ1) is 11.6. The standard InChI is InChI=1S/C20H14F2O2/c21-20(22)24-18-10-5-14(6-11-18)7-12-19(23)17-9-8-15-3-1-2-4-16(15)13-17/h1-13,20H. The Kier molecular flexibility index (Phi) is 4.66. The summed E-state index contributed by atoms with van der Waals surface area (Å²) in [6.45, 7) is -2.85. The van der Waals surface area contributed by atoms with Gasteiger partial charge in [-0.15, -0.1) is 0 Å². The number of hydrogen-bond acceptors (Lipinski definition) is 2. The summed E-state index contributed by atoms with van der Waals surface area (Å²) in [5, 5.41) is 2.08. The van der Waals surface area contributed by atoms with Crippen LogP contribution in [-0.2, 0) is 0 Å². The predicted molar refractivity (Wildman–Crippen MR) is 90.4 cm³/mol. The molecule has 0 aliphatic carbocycles. The summed E-state index contributed by atoms with van der Waals surface area (Å²) in [5.74, 6) is -0.0309. The maximum atomic E-state index is 12.3. The smallest absolute Gasteiger partial charge is 0.387 e. The van der Waals surface area contributed by atoms with Crippen molar-refractivity contribution in [1.29, 1.82) is 0 Å². The van der Waals surface area contributed by atoms with Crippen LogP contribution in [0.25, 0.3) is 16.8 Å². The van der Waals surface area contributed by atoms with Crippen LogP contribution in [0.3, 0.4) is 0 Å². The molecule has 3 aromatic rings. The van der Waals surface area contributed by atoms with E-state index in [0.717, 1.165) is 16.3 Å². The minimum atomic E-state index is -2.85. The van der Waals surface area contributed by atoms with Crippen molar-refractivity contribution in [3.05, 3.63) is 83.9 Å². The summed E-state index contributed by atoms with van der Waals surface area (Å²) in [6.07, 6.45) is 3.11. The highest BCUT2D eigenvalue weighted by Gasteiger charge is 2.04. The number of rotatable bonds is 5. The number of carbonyl (C=O) groups is 1. The molecule has 0 N–H and O–H groups in total. The van der Waals surface area contributed by atoms with Gasteiger partial charge in [0.1, 0.15) is 5.75 Å². The Morgan fingerprint density at radius 2 is 1.62 bits per heavy atom. The molecule has 0 aliphatic rings. The van der Waals surface area contributed by atoms with Gasteiger partial charge in [-0.2, -0.15) is 8.78 Å². The second-order valence-corrected chi connectivity index (χ2v) is 5.21. The Labute approximate surface area is 138 Å².